The van der Waals surface area contributed by atoms with Gasteiger partial charge in [0, 0.05) is 21.5 Å². The Morgan fingerprint density at radius 1 is 1.25 bits per heavy atom. The van der Waals surface area contributed by atoms with Crippen LogP contribution >= 0.6 is 22.6 Å². The standard InChI is InChI=1S/C16H20IN3/c1-12-11-20(15-8-3-2-4-9-15)16(18-12)19-14-7-5-6-13(17)10-14/h5-7,10-11,15H,2-4,8-9H2,1H3,(H,18,19). The summed E-state index contributed by atoms with van der Waals surface area (Å²) < 4.78 is 3.58. The molecular weight excluding hydrogens is 361 g/mol. The van der Waals surface area contributed by atoms with Gasteiger partial charge in [-0.25, -0.2) is 4.98 Å². The Balaban J connectivity index is 1.85. The highest BCUT2D eigenvalue weighted by atomic mass is 127. The molecule has 1 saturated carbocycles. The van der Waals surface area contributed by atoms with E-state index in [1.54, 1.807) is 0 Å². The molecule has 1 fully saturated rings. The zero-order valence-electron chi connectivity index (χ0n) is 11.8. The molecule has 2 aromatic rings. The van der Waals surface area contributed by atoms with E-state index < -0.39 is 0 Å². The lowest BCUT2D eigenvalue weighted by Crippen LogP contribution is -2.14. The number of rotatable bonds is 3. The van der Waals surface area contributed by atoms with E-state index in [0.29, 0.717) is 6.04 Å². The van der Waals surface area contributed by atoms with Crippen LogP contribution in [0.15, 0.2) is 30.5 Å². The Morgan fingerprint density at radius 2 is 2.05 bits per heavy atom. The van der Waals surface area contributed by atoms with E-state index in [4.69, 9.17) is 0 Å². The smallest absolute Gasteiger partial charge is 0.207 e. The lowest BCUT2D eigenvalue weighted by Gasteiger charge is -2.24. The highest BCUT2D eigenvalue weighted by molar-refractivity contribution is 14.1. The van der Waals surface area contributed by atoms with Crippen molar-refractivity contribution in [2.24, 2.45) is 0 Å². The van der Waals surface area contributed by atoms with E-state index in [9.17, 15) is 0 Å². The largest absolute Gasteiger partial charge is 0.326 e. The quantitative estimate of drug-likeness (QED) is 0.755. The minimum Gasteiger partial charge on any atom is -0.326 e. The Hall–Kier alpha value is -1.04. The van der Waals surface area contributed by atoms with Crippen molar-refractivity contribution in [2.45, 2.75) is 45.1 Å². The van der Waals surface area contributed by atoms with Crippen LogP contribution in [0.1, 0.15) is 43.8 Å². The molecule has 106 valence electrons. The highest BCUT2D eigenvalue weighted by Gasteiger charge is 2.18. The number of benzene rings is 1. The van der Waals surface area contributed by atoms with Gasteiger partial charge in [-0.2, -0.15) is 0 Å². The first-order valence-corrected chi connectivity index (χ1v) is 8.38. The van der Waals surface area contributed by atoms with Crippen molar-refractivity contribution in [3.8, 4) is 0 Å². The maximum atomic E-state index is 4.66. The number of halogens is 1. The van der Waals surface area contributed by atoms with Crippen molar-refractivity contribution in [1.29, 1.82) is 0 Å². The van der Waals surface area contributed by atoms with Gasteiger partial charge in [-0.15, -0.1) is 0 Å². The molecule has 0 atom stereocenters. The summed E-state index contributed by atoms with van der Waals surface area (Å²) in [5.41, 5.74) is 2.20. The van der Waals surface area contributed by atoms with Crippen LogP contribution in [0.5, 0.6) is 0 Å². The molecule has 0 aliphatic heterocycles. The molecule has 3 nitrogen and oxygen atoms in total. The lowest BCUT2D eigenvalue weighted by molar-refractivity contribution is 0.356. The second-order valence-electron chi connectivity index (χ2n) is 5.54. The molecule has 1 aromatic carbocycles. The van der Waals surface area contributed by atoms with E-state index in [-0.39, 0.29) is 0 Å². The number of nitrogens with one attached hydrogen (secondary N) is 1. The molecule has 0 radical (unpaired) electrons. The van der Waals surface area contributed by atoms with Crippen molar-refractivity contribution in [3.63, 3.8) is 0 Å². The first-order valence-electron chi connectivity index (χ1n) is 7.30. The number of imidazole rings is 1. The molecule has 0 bridgehead atoms. The molecule has 0 unspecified atom stereocenters. The second kappa shape index (κ2) is 6.16. The van der Waals surface area contributed by atoms with Crippen molar-refractivity contribution in [1.82, 2.24) is 9.55 Å². The molecule has 1 aromatic heterocycles. The van der Waals surface area contributed by atoms with Gasteiger partial charge in [0.15, 0.2) is 0 Å². The minimum absolute atomic E-state index is 0.607. The summed E-state index contributed by atoms with van der Waals surface area (Å²) >= 11 is 2.34. The van der Waals surface area contributed by atoms with Crippen LogP contribution in [-0.2, 0) is 0 Å². The summed E-state index contributed by atoms with van der Waals surface area (Å²) in [6, 6.07) is 9.03. The Kier molecular flexibility index (Phi) is 4.29. The van der Waals surface area contributed by atoms with Gasteiger partial charge in [0.1, 0.15) is 0 Å². The number of aromatic nitrogens is 2. The molecule has 0 spiro atoms. The van der Waals surface area contributed by atoms with Crippen LogP contribution in [0.25, 0.3) is 0 Å². The van der Waals surface area contributed by atoms with Crippen LogP contribution in [0.4, 0.5) is 11.6 Å². The first kappa shape index (κ1) is 13.9. The van der Waals surface area contributed by atoms with Crippen LogP contribution in [0.2, 0.25) is 0 Å². The minimum atomic E-state index is 0.607. The summed E-state index contributed by atoms with van der Waals surface area (Å²) in [5, 5.41) is 3.48. The summed E-state index contributed by atoms with van der Waals surface area (Å²) in [5.74, 6) is 0.983. The number of hydrogen-bond donors (Lipinski definition) is 1. The van der Waals surface area contributed by atoms with Gasteiger partial charge in [0.25, 0.3) is 0 Å². The Morgan fingerprint density at radius 3 is 2.80 bits per heavy atom. The molecule has 1 aliphatic rings. The van der Waals surface area contributed by atoms with E-state index in [0.717, 1.165) is 17.3 Å². The fourth-order valence-electron chi connectivity index (χ4n) is 2.94. The Labute approximate surface area is 133 Å². The number of anilines is 2. The zero-order chi connectivity index (χ0) is 13.9. The van der Waals surface area contributed by atoms with Crippen molar-refractivity contribution in [2.75, 3.05) is 5.32 Å². The average Bonchev–Trinajstić information content (AvgIpc) is 2.80. The average molecular weight is 381 g/mol. The van der Waals surface area contributed by atoms with Crippen LogP contribution in [0, 0.1) is 10.5 Å². The number of aryl methyl sites for hydroxylation is 1. The van der Waals surface area contributed by atoms with Crippen molar-refractivity contribution >= 4 is 34.2 Å². The Bertz CT molecular complexity index is 585. The molecular formula is C16H20IN3. The van der Waals surface area contributed by atoms with Gasteiger partial charge in [0.2, 0.25) is 5.95 Å². The molecule has 1 N–H and O–H groups in total. The predicted molar refractivity (Wildman–Crippen MR) is 91.5 cm³/mol. The lowest BCUT2D eigenvalue weighted by atomic mass is 9.95. The third kappa shape index (κ3) is 3.16. The SMILES string of the molecule is Cc1cn(C2CCCCC2)c(Nc2cccc(I)c2)n1. The number of nitrogens with zero attached hydrogens (tertiary/aromatic N) is 2. The predicted octanol–water partition coefficient (Wildman–Crippen LogP) is 5.04. The van der Waals surface area contributed by atoms with Crippen LogP contribution in [-0.4, -0.2) is 9.55 Å². The molecule has 3 rings (SSSR count). The normalized spacial score (nSPS) is 16.3. The molecule has 20 heavy (non-hydrogen) atoms. The van der Waals surface area contributed by atoms with Gasteiger partial charge in [-0.05, 0) is 60.6 Å². The molecule has 0 amide bonds. The van der Waals surface area contributed by atoms with Gasteiger partial charge in [-0.3, -0.25) is 0 Å². The molecule has 0 saturated heterocycles. The van der Waals surface area contributed by atoms with Gasteiger partial charge < -0.3 is 9.88 Å². The summed E-state index contributed by atoms with van der Waals surface area (Å²) in [4.78, 5) is 4.66. The van der Waals surface area contributed by atoms with E-state index in [2.05, 4.69) is 74.8 Å². The fraction of sp³-hybridized carbons (Fsp3) is 0.438. The first-order chi connectivity index (χ1) is 9.72. The summed E-state index contributed by atoms with van der Waals surface area (Å²) in [6.07, 6.45) is 8.79. The van der Waals surface area contributed by atoms with Crippen LogP contribution < -0.4 is 5.32 Å². The fourth-order valence-corrected chi connectivity index (χ4v) is 3.48. The summed E-state index contributed by atoms with van der Waals surface area (Å²) in [7, 11) is 0. The molecule has 4 heteroatoms. The van der Waals surface area contributed by atoms with Gasteiger partial charge in [-0.1, -0.05) is 25.3 Å². The van der Waals surface area contributed by atoms with Crippen LogP contribution in [0.3, 0.4) is 0 Å². The third-order valence-electron chi connectivity index (χ3n) is 3.90. The van der Waals surface area contributed by atoms with Gasteiger partial charge >= 0.3 is 0 Å². The maximum absolute atomic E-state index is 4.66. The van der Waals surface area contributed by atoms with Gasteiger partial charge in [0.05, 0.1) is 5.69 Å². The maximum Gasteiger partial charge on any atom is 0.207 e. The number of hydrogen-bond acceptors (Lipinski definition) is 2. The molecule has 1 heterocycles. The van der Waals surface area contributed by atoms with E-state index >= 15 is 0 Å². The third-order valence-corrected chi connectivity index (χ3v) is 4.57. The molecule has 1 aliphatic carbocycles. The van der Waals surface area contributed by atoms with Crippen molar-refractivity contribution < 1.29 is 0 Å². The highest BCUT2D eigenvalue weighted by Crippen LogP contribution is 2.31. The van der Waals surface area contributed by atoms with E-state index in [1.807, 2.05) is 0 Å². The second-order valence-corrected chi connectivity index (χ2v) is 6.79. The monoisotopic (exact) mass is 381 g/mol. The zero-order valence-corrected chi connectivity index (χ0v) is 13.9. The topological polar surface area (TPSA) is 29.9 Å². The van der Waals surface area contributed by atoms with Crippen molar-refractivity contribution in [3.05, 3.63) is 39.7 Å². The summed E-state index contributed by atoms with van der Waals surface area (Å²) in [6.45, 7) is 2.07. The van der Waals surface area contributed by atoms with E-state index in [1.165, 1.54) is 35.7 Å².